The maximum absolute atomic E-state index is 12.2. The summed E-state index contributed by atoms with van der Waals surface area (Å²) in [6.07, 6.45) is 4.49. The normalized spacial score (nSPS) is 18.7. The third-order valence-corrected chi connectivity index (χ3v) is 3.60. The molecule has 0 aliphatic heterocycles. The quantitative estimate of drug-likeness (QED) is 0.797. The molecule has 2 rings (SSSR count). The first kappa shape index (κ1) is 12.1. The molecular weight excluding hydrogens is 214 g/mol. The number of nitrogens with zero attached hydrogens (tertiary/aromatic N) is 1. The molecular formula is C14H19NO2. The molecule has 92 valence electrons. The molecule has 0 atom stereocenters. The molecule has 3 heteroatoms. The van der Waals surface area contributed by atoms with Crippen LogP contribution < -0.4 is 0 Å². The third kappa shape index (κ3) is 2.50. The topological polar surface area (TPSA) is 40.5 Å². The van der Waals surface area contributed by atoms with Crippen molar-refractivity contribution in [3.8, 4) is 0 Å². The van der Waals surface area contributed by atoms with E-state index in [0.717, 1.165) is 19.3 Å². The van der Waals surface area contributed by atoms with Gasteiger partial charge in [-0.2, -0.15) is 0 Å². The van der Waals surface area contributed by atoms with Gasteiger partial charge >= 0.3 is 0 Å². The predicted molar refractivity (Wildman–Crippen MR) is 66.6 cm³/mol. The monoisotopic (exact) mass is 233 g/mol. The van der Waals surface area contributed by atoms with Crippen LogP contribution in [0.3, 0.4) is 0 Å². The second kappa shape index (κ2) is 4.88. The minimum absolute atomic E-state index is 0.102. The van der Waals surface area contributed by atoms with E-state index in [9.17, 15) is 9.90 Å². The van der Waals surface area contributed by atoms with Crippen LogP contribution in [0.2, 0.25) is 0 Å². The van der Waals surface area contributed by atoms with Gasteiger partial charge < -0.3 is 10.0 Å². The molecule has 0 radical (unpaired) electrons. The summed E-state index contributed by atoms with van der Waals surface area (Å²) in [5.41, 5.74) is -0.320. The molecule has 3 nitrogen and oxygen atoms in total. The number of benzene rings is 1. The Balaban J connectivity index is 2.14. The molecule has 1 aliphatic carbocycles. The van der Waals surface area contributed by atoms with Crippen LogP contribution in [0.1, 0.15) is 42.5 Å². The van der Waals surface area contributed by atoms with Crippen molar-refractivity contribution in [1.82, 2.24) is 4.90 Å². The van der Waals surface area contributed by atoms with Crippen LogP contribution in [0, 0.1) is 0 Å². The summed E-state index contributed by atoms with van der Waals surface area (Å²) in [6, 6.07) is 9.13. The lowest BCUT2D eigenvalue weighted by molar-refractivity contribution is -0.0996. The molecule has 1 amide bonds. The van der Waals surface area contributed by atoms with Gasteiger partial charge in [0.15, 0.2) is 0 Å². The van der Waals surface area contributed by atoms with E-state index in [0.29, 0.717) is 18.4 Å². The highest BCUT2D eigenvalue weighted by atomic mass is 16.3. The van der Waals surface area contributed by atoms with Crippen LogP contribution in [-0.2, 0) is 0 Å². The Morgan fingerprint density at radius 2 is 1.76 bits per heavy atom. The van der Waals surface area contributed by atoms with E-state index in [-0.39, 0.29) is 5.91 Å². The molecule has 0 unspecified atom stereocenters. The molecule has 0 spiro atoms. The van der Waals surface area contributed by atoms with Gasteiger partial charge in [-0.25, -0.2) is 0 Å². The van der Waals surface area contributed by atoms with Crippen LogP contribution in [0.25, 0.3) is 0 Å². The molecule has 17 heavy (non-hydrogen) atoms. The Morgan fingerprint density at radius 3 is 2.35 bits per heavy atom. The van der Waals surface area contributed by atoms with Crippen molar-refractivity contribution >= 4 is 5.91 Å². The molecule has 1 aromatic rings. The molecule has 0 aromatic heterocycles. The largest absolute Gasteiger partial charge is 0.371 e. The van der Waals surface area contributed by atoms with E-state index in [1.165, 1.54) is 4.90 Å². The first-order valence-electron chi connectivity index (χ1n) is 6.19. The van der Waals surface area contributed by atoms with Crippen molar-refractivity contribution in [2.75, 3.05) is 7.05 Å². The van der Waals surface area contributed by atoms with Crippen LogP contribution >= 0.6 is 0 Å². The molecule has 1 aromatic carbocycles. The second-order valence-electron chi connectivity index (χ2n) is 4.77. The predicted octanol–water partition coefficient (Wildman–Crippen LogP) is 2.41. The standard InChI is InChI=1S/C14H19NO2/c1-15(14(17)10-6-3-7-11-14)13(16)12-8-4-2-5-9-12/h2,4-5,8-9,17H,3,6-7,10-11H2,1H3. The lowest BCUT2D eigenvalue weighted by Gasteiger charge is -2.40. The Bertz CT molecular complexity index is 382. The van der Waals surface area contributed by atoms with Gasteiger partial charge in [-0.1, -0.05) is 24.6 Å². The summed E-state index contributed by atoms with van der Waals surface area (Å²) < 4.78 is 0. The van der Waals surface area contributed by atoms with E-state index in [1.54, 1.807) is 19.2 Å². The van der Waals surface area contributed by atoms with Gasteiger partial charge in [-0.3, -0.25) is 4.79 Å². The van der Waals surface area contributed by atoms with E-state index < -0.39 is 5.72 Å². The fraction of sp³-hybridized carbons (Fsp3) is 0.500. The summed E-state index contributed by atoms with van der Waals surface area (Å²) in [4.78, 5) is 13.7. The van der Waals surface area contributed by atoms with Crippen molar-refractivity contribution in [2.24, 2.45) is 0 Å². The van der Waals surface area contributed by atoms with E-state index >= 15 is 0 Å². The minimum Gasteiger partial charge on any atom is -0.371 e. The third-order valence-electron chi connectivity index (χ3n) is 3.60. The zero-order chi connectivity index (χ0) is 12.3. The maximum atomic E-state index is 12.2. The highest BCUT2D eigenvalue weighted by molar-refractivity contribution is 5.94. The molecule has 1 saturated carbocycles. The number of carbonyl (C=O) groups excluding carboxylic acids is 1. The van der Waals surface area contributed by atoms with Crippen molar-refractivity contribution < 1.29 is 9.90 Å². The molecule has 0 heterocycles. The number of rotatable bonds is 2. The summed E-state index contributed by atoms with van der Waals surface area (Å²) >= 11 is 0. The van der Waals surface area contributed by atoms with Crippen molar-refractivity contribution in [1.29, 1.82) is 0 Å². The van der Waals surface area contributed by atoms with Gasteiger partial charge in [0.25, 0.3) is 5.91 Å². The van der Waals surface area contributed by atoms with Crippen LogP contribution in [0.5, 0.6) is 0 Å². The fourth-order valence-corrected chi connectivity index (χ4v) is 2.42. The van der Waals surface area contributed by atoms with Crippen LogP contribution in [0.4, 0.5) is 0 Å². The smallest absolute Gasteiger partial charge is 0.255 e. The summed E-state index contributed by atoms with van der Waals surface area (Å²) in [7, 11) is 1.70. The lowest BCUT2D eigenvalue weighted by atomic mass is 9.90. The van der Waals surface area contributed by atoms with Gasteiger partial charge in [-0.15, -0.1) is 0 Å². The molecule has 1 fully saturated rings. The first-order valence-corrected chi connectivity index (χ1v) is 6.19. The summed E-state index contributed by atoms with van der Waals surface area (Å²) in [5.74, 6) is -0.102. The average Bonchev–Trinajstić information content (AvgIpc) is 2.39. The Hall–Kier alpha value is -1.35. The van der Waals surface area contributed by atoms with Crippen molar-refractivity contribution in [2.45, 2.75) is 37.8 Å². The van der Waals surface area contributed by atoms with E-state index in [4.69, 9.17) is 0 Å². The Morgan fingerprint density at radius 1 is 1.18 bits per heavy atom. The number of carbonyl (C=O) groups is 1. The van der Waals surface area contributed by atoms with Gasteiger partial charge in [0.1, 0.15) is 5.72 Å². The lowest BCUT2D eigenvalue weighted by Crippen LogP contribution is -2.50. The van der Waals surface area contributed by atoms with Gasteiger partial charge in [-0.05, 0) is 37.8 Å². The minimum atomic E-state index is -0.953. The highest BCUT2D eigenvalue weighted by Gasteiger charge is 2.36. The molecule has 1 N–H and O–H groups in total. The SMILES string of the molecule is CN(C(=O)c1ccccc1)C1(O)CCCCC1. The van der Waals surface area contributed by atoms with Crippen LogP contribution in [0.15, 0.2) is 30.3 Å². The van der Waals surface area contributed by atoms with E-state index in [1.807, 2.05) is 18.2 Å². The number of hydrogen-bond acceptors (Lipinski definition) is 2. The van der Waals surface area contributed by atoms with Crippen molar-refractivity contribution in [3.05, 3.63) is 35.9 Å². The van der Waals surface area contributed by atoms with Crippen molar-refractivity contribution in [3.63, 3.8) is 0 Å². The molecule has 0 bridgehead atoms. The summed E-state index contributed by atoms with van der Waals surface area (Å²) in [6.45, 7) is 0. The maximum Gasteiger partial charge on any atom is 0.255 e. The zero-order valence-corrected chi connectivity index (χ0v) is 10.2. The average molecular weight is 233 g/mol. The van der Waals surface area contributed by atoms with E-state index in [2.05, 4.69) is 0 Å². The summed E-state index contributed by atoms with van der Waals surface area (Å²) in [5, 5.41) is 10.5. The van der Waals surface area contributed by atoms with Gasteiger partial charge in [0.2, 0.25) is 0 Å². The van der Waals surface area contributed by atoms with Crippen LogP contribution in [-0.4, -0.2) is 28.7 Å². The number of hydrogen-bond donors (Lipinski definition) is 1. The first-order chi connectivity index (χ1) is 8.13. The van der Waals surface area contributed by atoms with Gasteiger partial charge in [0, 0.05) is 12.6 Å². The number of amides is 1. The highest BCUT2D eigenvalue weighted by Crippen LogP contribution is 2.31. The van der Waals surface area contributed by atoms with Gasteiger partial charge in [0.05, 0.1) is 0 Å². The number of aliphatic hydroxyl groups is 1. The molecule has 1 aliphatic rings. The molecule has 0 saturated heterocycles. The second-order valence-corrected chi connectivity index (χ2v) is 4.77. The Kier molecular flexibility index (Phi) is 3.48. The fourth-order valence-electron chi connectivity index (χ4n) is 2.42. The zero-order valence-electron chi connectivity index (χ0n) is 10.2. The Labute approximate surface area is 102 Å².